The van der Waals surface area contributed by atoms with Crippen LogP contribution < -0.4 is 10.6 Å². The molecule has 0 unspecified atom stereocenters. The molecule has 1 saturated carbocycles. The summed E-state index contributed by atoms with van der Waals surface area (Å²) in [6.07, 6.45) is 3.19. The molecule has 4 atom stereocenters. The Bertz CT molecular complexity index is 769. The first kappa shape index (κ1) is 19.9. The van der Waals surface area contributed by atoms with Gasteiger partial charge in [-0.3, -0.25) is 14.5 Å². The van der Waals surface area contributed by atoms with E-state index in [0.29, 0.717) is 17.4 Å². The zero-order chi connectivity index (χ0) is 19.8. The number of carbonyl (C=O) groups excluding carboxylic acids is 3. The fourth-order valence-electron chi connectivity index (χ4n) is 4.02. The average Bonchev–Trinajstić information content (AvgIpc) is 2.83. The average molecular weight is 436 g/mol. The number of carbonyl (C=O) groups is 3. The molecular formula is C20H26BrN3O3. The largest absolute Gasteiger partial charge is 0.352 e. The lowest BCUT2D eigenvalue weighted by atomic mass is 9.78. The molecule has 1 saturated heterocycles. The van der Waals surface area contributed by atoms with Gasteiger partial charge in [-0.05, 0) is 42.9 Å². The number of hydrogen-bond donors (Lipinski definition) is 2. The molecule has 4 amide bonds. The van der Waals surface area contributed by atoms with E-state index >= 15 is 0 Å². The number of imide groups is 1. The maximum Gasteiger partial charge on any atom is 0.325 e. The van der Waals surface area contributed by atoms with Gasteiger partial charge in [-0.25, -0.2) is 4.79 Å². The Hall–Kier alpha value is -1.89. The molecule has 1 aliphatic heterocycles. The molecular weight excluding hydrogens is 410 g/mol. The van der Waals surface area contributed by atoms with Crippen LogP contribution >= 0.6 is 15.9 Å². The quantitative estimate of drug-likeness (QED) is 0.712. The van der Waals surface area contributed by atoms with E-state index in [0.717, 1.165) is 22.2 Å². The van der Waals surface area contributed by atoms with Gasteiger partial charge in [0.2, 0.25) is 5.91 Å². The lowest BCUT2D eigenvalue weighted by Gasteiger charge is -2.34. The molecule has 0 aromatic heterocycles. The van der Waals surface area contributed by atoms with Gasteiger partial charge in [0, 0.05) is 10.5 Å². The maximum atomic E-state index is 12.9. The first-order valence-corrected chi connectivity index (χ1v) is 10.2. The fraction of sp³-hybridized carbons (Fsp3) is 0.550. The molecule has 27 heavy (non-hydrogen) atoms. The van der Waals surface area contributed by atoms with Crippen molar-refractivity contribution in [3.8, 4) is 0 Å². The van der Waals surface area contributed by atoms with E-state index in [4.69, 9.17) is 0 Å². The standard InChI is InChI=1S/C20H26BrN3O3/c1-12-6-4-9-16(13(12)2)22-17(25)11-24-18(26)20(3,23-19(24)27)14-7-5-8-15(21)10-14/h5,7-8,10,12-13,16H,4,6,9,11H2,1-3H3,(H,22,25)(H,23,27)/t12-,13-,16+,20+/m1/s1. The minimum absolute atomic E-state index is 0.0958. The second-order valence-electron chi connectivity index (χ2n) is 7.90. The summed E-state index contributed by atoms with van der Waals surface area (Å²) in [7, 11) is 0. The van der Waals surface area contributed by atoms with E-state index < -0.39 is 17.5 Å². The van der Waals surface area contributed by atoms with Crippen LogP contribution in [-0.4, -0.2) is 35.3 Å². The Balaban J connectivity index is 1.69. The van der Waals surface area contributed by atoms with Gasteiger partial charge in [0.05, 0.1) is 0 Å². The molecule has 0 bridgehead atoms. The van der Waals surface area contributed by atoms with E-state index in [9.17, 15) is 14.4 Å². The van der Waals surface area contributed by atoms with Gasteiger partial charge in [0.25, 0.3) is 5.91 Å². The van der Waals surface area contributed by atoms with Gasteiger partial charge in [-0.15, -0.1) is 0 Å². The van der Waals surface area contributed by atoms with Crippen LogP contribution in [-0.2, 0) is 15.1 Å². The van der Waals surface area contributed by atoms with Crippen LogP contribution in [0.15, 0.2) is 28.7 Å². The highest BCUT2D eigenvalue weighted by Crippen LogP contribution is 2.31. The van der Waals surface area contributed by atoms with Crippen molar-refractivity contribution in [2.45, 2.75) is 51.6 Å². The number of amides is 4. The van der Waals surface area contributed by atoms with Crippen LogP contribution in [0.1, 0.15) is 45.6 Å². The molecule has 146 valence electrons. The van der Waals surface area contributed by atoms with Crippen molar-refractivity contribution in [3.05, 3.63) is 34.3 Å². The molecule has 7 heteroatoms. The van der Waals surface area contributed by atoms with Crippen LogP contribution in [0.2, 0.25) is 0 Å². The summed E-state index contributed by atoms with van der Waals surface area (Å²) in [5, 5.41) is 5.76. The predicted molar refractivity (Wildman–Crippen MR) is 106 cm³/mol. The number of benzene rings is 1. The lowest BCUT2D eigenvalue weighted by Crippen LogP contribution is -2.48. The Morgan fingerprint density at radius 1 is 1.33 bits per heavy atom. The molecule has 2 fully saturated rings. The number of rotatable bonds is 4. The highest BCUT2D eigenvalue weighted by atomic mass is 79.9. The van der Waals surface area contributed by atoms with E-state index in [-0.39, 0.29) is 18.5 Å². The third kappa shape index (κ3) is 3.88. The summed E-state index contributed by atoms with van der Waals surface area (Å²) in [4.78, 5) is 38.9. The summed E-state index contributed by atoms with van der Waals surface area (Å²) >= 11 is 3.39. The third-order valence-corrected chi connectivity index (χ3v) is 6.53. The zero-order valence-corrected chi connectivity index (χ0v) is 17.5. The minimum Gasteiger partial charge on any atom is -0.352 e. The topological polar surface area (TPSA) is 78.5 Å². The Morgan fingerprint density at radius 2 is 2.07 bits per heavy atom. The fourth-order valence-corrected chi connectivity index (χ4v) is 4.42. The summed E-state index contributed by atoms with van der Waals surface area (Å²) < 4.78 is 0.819. The molecule has 2 aliphatic rings. The van der Waals surface area contributed by atoms with Crippen molar-refractivity contribution in [1.29, 1.82) is 0 Å². The normalized spacial score (nSPS) is 31.0. The second-order valence-corrected chi connectivity index (χ2v) is 8.81. The van der Waals surface area contributed by atoms with Gasteiger partial charge < -0.3 is 10.6 Å². The van der Waals surface area contributed by atoms with Gasteiger partial charge in [0.1, 0.15) is 12.1 Å². The highest BCUT2D eigenvalue weighted by molar-refractivity contribution is 9.10. The smallest absolute Gasteiger partial charge is 0.325 e. The van der Waals surface area contributed by atoms with Crippen LogP contribution in [0.5, 0.6) is 0 Å². The zero-order valence-electron chi connectivity index (χ0n) is 15.9. The van der Waals surface area contributed by atoms with Gasteiger partial charge in [-0.1, -0.05) is 54.8 Å². The number of nitrogens with one attached hydrogen (secondary N) is 2. The lowest BCUT2D eigenvalue weighted by molar-refractivity contribution is -0.135. The number of halogens is 1. The summed E-state index contributed by atoms with van der Waals surface area (Å²) in [5.74, 6) is 0.243. The van der Waals surface area contributed by atoms with Crippen molar-refractivity contribution < 1.29 is 14.4 Å². The molecule has 0 spiro atoms. The molecule has 0 radical (unpaired) electrons. The van der Waals surface area contributed by atoms with E-state index in [1.807, 2.05) is 12.1 Å². The van der Waals surface area contributed by atoms with Crippen LogP contribution in [0.25, 0.3) is 0 Å². The molecule has 1 aliphatic carbocycles. The van der Waals surface area contributed by atoms with Gasteiger partial charge in [0.15, 0.2) is 0 Å². The predicted octanol–water partition coefficient (Wildman–Crippen LogP) is 3.16. The van der Waals surface area contributed by atoms with E-state index in [1.54, 1.807) is 19.1 Å². The van der Waals surface area contributed by atoms with Crippen molar-refractivity contribution >= 4 is 33.8 Å². The van der Waals surface area contributed by atoms with Crippen molar-refractivity contribution in [3.63, 3.8) is 0 Å². The summed E-state index contributed by atoms with van der Waals surface area (Å²) in [6, 6.07) is 6.81. The number of urea groups is 1. The Morgan fingerprint density at radius 3 is 2.78 bits per heavy atom. The summed E-state index contributed by atoms with van der Waals surface area (Å²) in [6.45, 7) is 5.75. The Kier molecular flexibility index (Phi) is 5.60. The Labute approximate surface area is 168 Å². The highest BCUT2D eigenvalue weighted by Gasteiger charge is 2.49. The van der Waals surface area contributed by atoms with Crippen LogP contribution in [0.3, 0.4) is 0 Å². The first-order valence-electron chi connectivity index (χ1n) is 9.42. The third-order valence-electron chi connectivity index (χ3n) is 6.03. The monoisotopic (exact) mass is 435 g/mol. The second kappa shape index (κ2) is 7.62. The number of nitrogens with zero attached hydrogens (tertiary/aromatic N) is 1. The molecule has 1 aromatic carbocycles. The van der Waals surface area contributed by atoms with Crippen LogP contribution in [0.4, 0.5) is 4.79 Å². The first-order chi connectivity index (χ1) is 12.7. The molecule has 1 aromatic rings. The van der Waals surface area contributed by atoms with Gasteiger partial charge in [-0.2, -0.15) is 0 Å². The molecule has 3 rings (SSSR count). The van der Waals surface area contributed by atoms with Crippen LogP contribution in [0, 0.1) is 11.8 Å². The van der Waals surface area contributed by atoms with Crippen molar-refractivity contribution in [2.24, 2.45) is 11.8 Å². The van der Waals surface area contributed by atoms with E-state index in [2.05, 4.69) is 40.4 Å². The van der Waals surface area contributed by atoms with Crippen molar-refractivity contribution in [1.82, 2.24) is 15.5 Å². The number of hydrogen-bond acceptors (Lipinski definition) is 3. The van der Waals surface area contributed by atoms with Crippen molar-refractivity contribution in [2.75, 3.05) is 6.54 Å². The summed E-state index contributed by atoms with van der Waals surface area (Å²) in [5.41, 5.74) is -0.499. The van der Waals surface area contributed by atoms with Gasteiger partial charge >= 0.3 is 6.03 Å². The molecule has 1 heterocycles. The SMILES string of the molecule is C[C@@H]1[C@H](C)CCC[C@@H]1NC(=O)CN1C(=O)N[C@@](C)(c2cccc(Br)c2)C1=O. The molecule has 2 N–H and O–H groups in total. The van der Waals surface area contributed by atoms with E-state index in [1.165, 1.54) is 6.42 Å². The minimum atomic E-state index is -1.17. The maximum absolute atomic E-state index is 12.9. The molecule has 6 nitrogen and oxygen atoms in total.